The maximum atomic E-state index is 12.5. The Balaban J connectivity index is 1.70. The highest BCUT2D eigenvalue weighted by atomic mass is 32.2. The number of sulfonamides is 1. The molecule has 0 bridgehead atoms. The average molecular weight is 472 g/mol. The van der Waals surface area contributed by atoms with Crippen LogP contribution >= 0.6 is 0 Å². The van der Waals surface area contributed by atoms with Crippen molar-refractivity contribution in [2.75, 3.05) is 10.0 Å². The van der Waals surface area contributed by atoms with Gasteiger partial charge >= 0.3 is 0 Å². The van der Waals surface area contributed by atoms with E-state index in [1.165, 1.54) is 30.5 Å². The number of aromatic nitrogens is 2. The highest BCUT2D eigenvalue weighted by Gasteiger charge is 2.21. The topological polar surface area (TPSA) is 187 Å². The van der Waals surface area contributed by atoms with Crippen molar-refractivity contribution >= 4 is 38.9 Å². The predicted octanol–water partition coefficient (Wildman–Crippen LogP) is 2.58. The molecule has 33 heavy (non-hydrogen) atoms. The number of nitro groups is 2. The first-order valence-corrected chi connectivity index (χ1v) is 10.7. The number of hydrogen-bond donors (Lipinski definition) is 2. The standard InChI is InChI=1S/C19H16N6O7S/c1-12-8-9-20-19(21-12)23-33(31,32)16-6-3-14(4-7-16)22-18(26)10-13-2-5-15(24(27)28)11-17(13)25(29)30/h2-9,11H,10H2,1H3,(H,22,26)(H,20,21,23). The number of benzene rings is 2. The number of nitro benzene ring substituents is 2. The average Bonchev–Trinajstić information content (AvgIpc) is 2.73. The smallest absolute Gasteiger partial charge is 0.279 e. The molecular weight excluding hydrogens is 456 g/mol. The fourth-order valence-electron chi connectivity index (χ4n) is 2.76. The van der Waals surface area contributed by atoms with E-state index in [4.69, 9.17) is 0 Å². The molecule has 2 aromatic carbocycles. The molecule has 1 heterocycles. The molecule has 0 aliphatic carbocycles. The maximum absolute atomic E-state index is 12.5. The first-order chi connectivity index (χ1) is 15.5. The minimum Gasteiger partial charge on any atom is -0.326 e. The summed E-state index contributed by atoms with van der Waals surface area (Å²) in [5, 5.41) is 24.5. The van der Waals surface area contributed by atoms with E-state index in [2.05, 4.69) is 20.0 Å². The van der Waals surface area contributed by atoms with Crippen LogP contribution in [0.4, 0.5) is 23.0 Å². The molecule has 14 heteroatoms. The molecule has 0 radical (unpaired) electrons. The quantitative estimate of drug-likeness (QED) is 0.367. The second-order valence-electron chi connectivity index (χ2n) is 6.70. The highest BCUT2D eigenvalue weighted by Crippen LogP contribution is 2.25. The number of non-ortho nitro benzene ring substituents is 1. The van der Waals surface area contributed by atoms with Gasteiger partial charge in [-0.1, -0.05) is 0 Å². The molecule has 0 fully saturated rings. The van der Waals surface area contributed by atoms with Crippen molar-refractivity contribution in [2.45, 2.75) is 18.2 Å². The number of carbonyl (C=O) groups is 1. The van der Waals surface area contributed by atoms with Gasteiger partial charge in [0.25, 0.3) is 21.4 Å². The zero-order valence-corrected chi connectivity index (χ0v) is 17.8. The van der Waals surface area contributed by atoms with Crippen molar-refractivity contribution in [3.63, 3.8) is 0 Å². The lowest BCUT2D eigenvalue weighted by Crippen LogP contribution is -2.17. The van der Waals surface area contributed by atoms with Crippen LogP contribution in [0.5, 0.6) is 0 Å². The lowest BCUT2D eigenvalue weighted by atomic mass is 10.1. The van der Waals surface area contributed by atoms with Crippen LogP contribution in [-0.4, -0.2) is 34.1 Å². The summed E-state index contributed by atoms with van der Waals surface area (Å²) in [4.78, 5) is 40.5. The third-order valence-electron chi connectivity index (χ3n) is 4.30. The maximum Gasteiger partial charge on any atom is 0.279 e. The monoisotopic (exact) mass is 472 g/mol. The second-order valence-corrected chi connectivity index (χ2v) is 8.39. The van der Waals surface area contributed by atoms with Crippen molar-refractivity contribution in [1.29, 1.82) is 0 Å². The molecule has 0 saturated carbocycles. The van der Waals surface area contributed by atoms with E-state index in [0.717, 1.165) is 18.2 Å². The van der Waals surface area contributed by atoms with E-state index in [1.807, 2.05) is 0 Å². The highest BCUT2D eigenvalue weighted by molar-refractivity contribution is 7.92. The van der Waals surface area contributed by atoms with Crippen LogP contribution in [-0.2, 0) is 21.2 Å². The largest absolute Gasteiger partial charge is 0.326 e. The predicted molar refractivity (Wildman–Crippen MR) is 116 cm³/mol. The van der Waals surface area contributed by atoms with E-state index >= 15 is 0 Å². The van der Waals surface area contributed by atoms with E-state index < -0.39 is 43.6 Å². The minimum absolute atomic E-state index is 0.00958. The van der Waals surface area contributed by atoms with Gasteiger partial charge in [-0.2, -0.15) is 0 Å². The molecule has 0 aliphatic rings. The van der Waals surface area contributed by atoms with Crippen LogP contribution in [0.3, 0.4) is 0 Å². The summed E-state index contributed by atoms with van der Waals surface area (Å²) in [5.41, 5.74) is -0.202. The van der Waals surface area contributed by atoms with E-state index in [1.54, 1.807) is 13.0 Å². The number of rotatable bonds is 8. The molecule has 0 atom stereocenters. The van der Waals surface area contributed by atoms with Crippen LogP contribution in [0.15, 0.2) is 59.6 Å². The molecule has 3 aromatic rings. The molecule has 3 rings (SSSR count). The van der Waals surface area contributed by atoms with Crippen LogP contribution in [0.2, 0.25) is 0 Å². The van der Waals surface area contributed by atoms with Crippen LogP contribution < -0.4 is 10.0 Å². The molecule has 1 aromatic heterocycles. The van der Waals surface area contributed by atoms with Crippen molar-refractivity contribution in [1.82, 2.24) is 9.97 Å². The van der Waals surface area contributed by atoms with Gasteiger partial charge in [-0.3, -0.25) is 25.0 Å². The van der Waals surface area contributed by atoms with Gasteiger partial charge in [-0.25, -0.2) is 23.1 Å². The lowest BCUT2D eigenvalue weighted by molar-refractivity contribution is -0.394. The fourth-order valence-corrected chi connectivity index (χ4v) is 3.71. The van der Waals surface area contributed by atoms with Crippen molar-refractivity contribution in [3.05, 3.63) is 86.2 Å². The molecule has 13 nitrogen and oxygen atoms in total. The Morgan fingerprint density at radius 3 is 2.33 bits per heavy atom. The number of aryl methyl sites for hydroxylation is 1. The normalized spacial score (nSPS) is 10.9. The summed E-state index contributed by atoms with van der Waals surface area (Å²) < 4.78 is 27.2. The summed E-state index contributed by atoms with van der Waals surface area (Å²) in [6.45, 7) is 1.68. The van der Waals surface area contributed by atoms with E-state index in [-0.39, 0.29) is 22.1 Å². The van der Waals surface area contributed by atoms with Gasteiger partial charge in [0.1, 0.15) is 0 Å². The summed E-state index contributed by atoms with van der Waals surface area (Å²) in [5.74, 6) is -0.717. The molecule has 170 valence electrons. The molecule has 0 unspecified atom stereocenters. The summed E-state index contributed by atoms with van der Waals surface area (Å²) in [6, 6.07) is 9.80. The van der Waals surface area contributed by atoms with Gasteiger partial charge in [-0.05, 0) is 43.3 Å². The number of anilines is 2. The second kappa shape index (κ2) is 9.35. The van der Waals surface area contributed by atoms with E-state index in [9.17, 15) is 33.4 Å². The number of nitrogens with zero attached hydrogens (tertiary/aromatic N) is 4. The third-order valence-corrected chi connectivity index (χ3v) is 5.64. The first kappa shape index (κ1) is 23.2. The summed E-state index contributed by atoms with van der Waals surface area (Å²) >= 11 is 0. The molecule has 0 saturated heterocycles. The Kier molecular flexibility index (Phi) is 6.58. The fraction of sp³-hybridized carbons (Fsp3) is 0.105. The molecular formula is C19H16N6O7S. The number of amides is 1. The number of carbonyl (C=O) groups excluding carboxylic acids is 1. The van der Waals surface area contributed by atoms with Gasteiger partial charge in [0.05, 0.1) is 27.2 Å². The SMILES string of the molecule is Cc1ccnc(NS(=O)(=O)c2ccc(NC(=O)Cc3ccc([N+](=O)[O-])cc3[N+](=O)[O-])cc2)n1. The number of nitrogens with one attached hydrogen (secondary N) is 2. The number of hydrogen-bond acceptors (Lipinski definition) is 9. The Labute approximate surface area is 186 Å². The zero-order chi connectivity index (χ0) is 24.2. The Morgan fingerprint density at radius 2 is 1.73 bits per heavy atom. The first-order valence-electron chi connectivity index (χ1n) is 9.19. The van der Waals surface area contributed by atoms with Crippen LogP contribution in [0.1, 0.15) is 11.3 Å². The Morgan fingerprint density at radius 1 is 1.03 bits per heavy atom. The van der Waals surface area contributed by atoms with Gasteiger partial charge in [0, 0.05) is 29.2 Å². The summed E-state index contributed by atoms with van der Waals surface area (Å²) in [7, 11) is -3.97. The van der Waals surface area contributed by atoms with E-state index in [0.29, 0.717) is 5.69 Å². The lowest BCUT2D eigenvalue weighted by Gasteiger charge is -2.09. The van der Waals surface area contributed by atoms with Gasteiger partial charge in [0.2, 0.25) is 11.9 Å². The zero-order valence-electron chi connectivity index (χ0n) is 17.0. The van der Waals surface area contributed by atoms with Crippen molar-refractivity contribution in [2.24, 2.45) is 0 Å². The molecule has 0 aliphatic heterocycles. The summed E-state index contributed by atoms with van der Waals surface area (Å²) in [6.07, 6.45) is 0.995. The molecule has 2 N–H and O–H groups in total. The van der Waals surface area contributed by atoms with Crippen molar-refractivity contribution in [3.8, 4) is 0 Å². The van der Waals surface area contributed by atoms with Gasteiger partial charge in [-0.15, -0.1) is 0 Å². The Hall–Kier alpha value is -4.46. The van der Waals surface area contributed by atoms with Gasteiger partial charge < -0.3 is 5.32 Å². The molecule has 0 spiro atoms. The molecule has 1 amide bonds. The third kappa shape index (κ3) is 5.82. The van der Waals surface area contributed by atoms with Gasteiger partial charge in [0.15, 0.2) is 0 Å². The Bertz CT molecular complexity index is 1340. The van der Waals surface area contributed by atoms with Crippen LogP contribution in [0, 0.1) is 27.2 Å². The minimum atomic E-state index is -3.97. The van der Waals surface area contributed by atoms with Crippen molar-refractivity contribution < 1.29 is 23.1 Å². The van der Waals surface area contributed by atoms with Crippen LogP contribution in [0.25, 0.3) is 0 Å².